The van der Waals surface area contributed by atoms with E-state index in [1.165, 1.54) is 0 Å². The summed E-state index contributed by atoms with van der Waals surface area (Å²) in [6.07, 6.45) is 6.01. The number of rotatable bonds is 2. The Morgan fingerprint density at radius 1 is 1.57 bits per heavy atom. The van der Waals surface area contributed by atoms with Crippen LogP contribution in [0.25, 0.3) is 0 Å². The van der Waals surface area contributed by atoms with E-state index >= 15 is 0 Å². The monoisotopic (exact) mass is 214 g/mol. The second-order valence-corrected chi connectivity index (χ2v) is 4.37. The molecular weight excluding hydrogens is 200 g/mol. The summed E-state index contributed by atoms with van der Waals surface area (Å²) in [6.45, 7) is 3.65. The van der Waals surface area contributed by atoms with E-state index in [4.69, 9.17) is 16.3 Å². The lowest BCUT2D eigenvalue weighted by Crippen LogP contribution is -2.19. The molecule has 0 N–H and O–H groups in total. The van der Waals surface area contributed by atoms with E-state index in [1.54, 1.807) is 0 Å². The second kappa shape index (κ2) is 4.32. The van der Waals surface area contributed by atoms with E-state index < -0.39 is 0 Å². The van der Waals surface area contributed by atoms with Gasteiger partial charge in [-0.15, -0.1) is 11.6 Å². The van der Waals surface area contributed by atoms with Gasteiger partial charge in [0, 0.05) is 25.0 Å². The van der Waals surface area contributed by atoms with Crippen molar-refractivity contribution in [3.63, 3.8) is 0 Å². The summed E-state index contributed by atoms with van der Waals surface area (Å²) in [5, 5.41) is 4.38. The maximum absolute atomic E-state index is 5.98. The zero-order valence-electron chi connectivity index (χ0n) is 8.32. The van der Waals surface area contributed by atoms with Crippen LogP contribution < -0.4 is 0 Å². The Kier molecular flexibility index (Phi) is 3.08. The van der Waals surface area contributed by atoms with E-state index in [9.17, 15) is 0 Å². The fraction of sp³-hybridized carbons (Fsp3) is 0.700. The number of aromatic nitrogens is 2. The van der Waals surface area contributed by atoms with Crippen molar-refractivity contribution in [2.45, 2.75) is 31.2 Å². The van der Waals surface area contributed by atoms with Gasteiger partial charge in [-0.25, -0.2) is 0 Å². The third-order valence-electron chi connectivity index (χ3n) is 2.65. The molecule has 1 unspecified atom stereocenters. The van der Waals surface area contributed by atoms with Crippen molar-refractivity contribution in [2.75, 3.05) is 13.2 Å². The number of hydrogen-bond acceptors (Lipinski definition) is 2. The molecule has 1 aromatic heterocycles. The molecule has 0 aromatic carbocycles. The van der Waals surface area contributed by atoms with Gasteiger partial charge in [-0.05, 0) is 19.8 Å². The van der Waals surface area contributed by atoms with Crippen molar-refractivity contribution in [1.29, 1.82) is 0 Å². The zero-order chi connectivity index (χ0) is 9.97. The molecule has 0 bridgehead atoms. The summed E-state index contributed by atoms with van der Waals surface area (Å²) in [4.78, 5) is 0. The Hall–Kier alpha value is -0.540. The second-order valence-electron chi connectivity index (χ2n) is 3.71. The summed E-state index contributed by atoms with van der Waals surface area (Å²) in [5.41, 5.74) is 1.10. The Balaban J connectivity index is 2.07. The predicted octanol–water partition coefficient (Wildman–Crippen LogP) is 2.53. The molecule has 4 heteroatoms. The van der Waals surface area contributed by atoms with Gasteiger partial charge in [0.2, 0.25) is 0 Å². The molecule has 1 fully saturated rings. The minimum atomic E-state index is 0.0450. The van der Waals surface area contributed by atoms with Crippen molar-refractivity contribution in [3.05, 3.63) is 18.0 Å². The van der Waals surface area contributed by atoms with Crippen LogP contribution in [0.5, 0.6) is 0 Å². The molecule has 2 heterocycles. The maximum atomic E-state index is 5.98. The average molecular weight is 215 g/mol. The molecule has 14 heavy (non-hydrogen) atoms. The Bertz CT molecular complexity index is 292. The van der Waals surface area contributed by atoms with Crippen molar-refractivity contribution in [1.82, 2.24) is 9.78 Å². The normalized spacial score (nSPS) is 21.0. The van der Waals surface area contributed by atoms with E-state index in [-0.39, 0.29) is 5.38 Å². The molecule has 1 aromatic rings. The molecule has 2 rings (SSSR count). The molecule has 0 saturated carbocycles. The van der Waals surface area contributed by atoms with Gasteiger partial charge in [0.1, 0.15) is 0 Å². The molecule has 1 saturated heterocycles. The van der Waals surface area contributed by atoms with Crippen LogP contribution in [0.1, 0.15) is 36.7 Å². The summed E-state index contributed by atoms with van der Waals surface area (Å²) >= 11 is 5.98. The van der Waals surface area contributed by atoms with Gasteiger partial charge in [-0.1, -0.05) is 0 Å². The summed E-state index contributed by atoms with van der Waals surface area (Å²) in [6, 6.07) is 0.493. The van der Waals surface area contributed by atoms with Gasteiger partial charge in [-0.2, -0.15) is 5.10 Å². The highest BCUT2D eigenvalue weighted by Crippen LogP contribution is 2.23. The minimum absolute atomic E-state index is 0.0450. The van der Waals surface area contributed by atoms with E-state index in [2.05, 4.69) is 5.10 Å². The van der Waals surface area contributed by atoms with Crippen LogP contribution in [0, 0.1) is 0 Å². The van der Waals surface area contributed by atoms with Crippen molar-refractivity contribution >= 4 is 11.6 Å². The molecule has 0 aliphatic carbocycles. The Labute approximate surface area is 89.0 Å². The van der Waals surface area contributed by atoms with Crippen LogP contribution in [0.15, 0.2) is 12.4 Å². The largest absolute Gasteiger partial charge is 0.381 e. The van der Waals surface area contributed by atoms with Gasteiger partial charge in [0.15, 0.2) is 0 Å². The third kappa shape index (κ3) is 2.10. The molecule has 1 aliphatic rings. The summed E-state index contributed by atoms with van der Waals surface area (Å²) in [7, 11) is 0. The molecule has 0 radical (unpaired) electrons. The third-order valence-corrected chi connectivity index (χ3v) is 2.90. The van der Waals surface area contributed by atoms with Gasteiger partial charge in [0.25, 0.3) is 0 Å². The number of ether oxygens (including phenoxy) is 1. The molecule has 0 amide bonds. The first-order chi connectivity index (χ1) is 6.77. The quantitative estimate of drug-likeness (QED) is 0.708. The lowest BCUT2D eigenvalue weighted by atomic mass is 10.1. The summed E-state index contributed by atoms with van der Waals surface area (Å²) in [5.74, 6) is 0. The van der Waals surface area contributed by atoms with Gasteiger partial charge < -0.3 is 4.74 Å². The SMILES string of the molecule is CC(Cl)c1cnn(C2CCOCC2)c1. The van der Waals surface area contributed by atoms with Crippen LogP contribution in [0.2, 0.25) is 0 Å². The highest BCUT2D eigenvalue weighted by molar-refractivity contribution is 6.20. The van der Waals surface area contributed by atoms with Crippen LogP contribution in [-0.4, -0.2) is 23.0 Å². The first-order valence-corrected chi connectivity index (χ1v) is 5.47. The lowest BCUT2D eigenvalue weighted by molar-refractivity contribution is 0.0662. The van der Waals surface area contributed by atoms with Crippen molar-refractivity contribution < 1.29 is 4.74 Å². The Morgan fingerprint density at radius 2 is 2.29 bits per heavy atom. The highest BCUT2D eigenvalue weighted by atomic mass is 35.5. The standard InChI is InChI=1S/C10H15ClN2O/c1-8(11)9-6-12-13(7-9)10-2-4-14-5-3-10/h6-8,10H,2-5H2,1H3. The first-order valence-electron chi connectivity index (χ1n) is 5.03. The first kappa shape index (κ1) is 9.99. The average Bonchev–Trinajstić information content (AvgIpc) is 2.68. The fourth-order valence-electron chi connectivity index (χ4n) is 1.71. The fourth-order valence-corrected chi connectivity index (χ4v) is 1.82. The Morgan fingerprint density at radius 3 is 2.86 bits per heavy atom. The predicted molar refractivity (Wildman–Crippen MR) is 55.6 cm³/mol. The van der Waals surface area contributed by atoms with E-state index in [1.807, 2.05) is 24.0 Å². The summed E-state index contributed by atoms with van der Waals surface area (Å²) < 4.78 is 7.33. The number of halogens is 1. The minimum Gasteiger partial charge on any atom is -0.381 e. The molecule has 78 valence electrons. The molecule has 3 nitrogen and oxygen atoms in total. The van der Waals surface area contributed by atoms with E-state index in [0.717, 1.165) is 31.6 Å². The molecule has 1 atom stereocenters. The van der Waals surface area contributed by atoms with Crippen molar-refractivity contribution in [2.24, 2.45) is 0 Å². The van der Waals surface area contributed by atoms with Gasteiger partial charge in [0.05, 0.1) is 17.6 Å². The highest BCUT2D eigenvalue weighted by Gasteiger charge is 2.16. The lowest BCUT2D eigenvalue weighted by Gasteiger charge is -2.22. The van der Waals surface area contributed by atoms with Crippen LogP contribution in [0.4, 0.5) is 0 Å². The van der Waals surface area contributed by atoms with Gasteiger partial charge in [-0.3, -0.25) is 4.68 Å². The number of nitrogens with zero attached hydrogens (tertiary/aromatic N) is 2. The van der Waals surface area contributed by atoms with Gasteiger partial charge >= 0.3 is 0 Å². The van der Waals surface area contributed by atoms with Crippen molar-refractivity contribution in [3.8, 4) is 0 Å². The molecular formula is C10H15ClN2O. The molecule has 0 spiro atoms. The number of hydrogen-bond donors (Lipinski definition) is 0. The van der Waals surface area contributed by atoms with Crippen LogP contribution in [-0.2, 0) is 4.74 Å². The van der Waals surface area contributed by atoms with Crippen LogP contribution >= 0.6 is 11.6 Å². The maximum Gasteiger partial charge on any atom is 0.0588 e. The number of alkyl halides is 1. The molecule has 1 aliphatic heterocycles. The smallest absolute Gasteiger partial charge is 0.0588 e. The zero-order valence-corrected chi connectivity index (χ0v) is 9.07. The van der Waals surface area contributed by atoms with Crippen LogP contribution in [0.3, 0.4) is 0 Å². The van der Waals surface area contributed by atoms with E-state index in [0.29, 0.717) is 6.04 Å². The topological polar surface area (TPSA) is 27.1 Å².